The molecule has 0 amide bonds. The van der Waals surface area contributed by atoms with Crippen molar-refractivity contribution in [1.29, 1.82) is 0 Å². The van der Waals surface area contributed by atoms with Crippen LogP contribution in [0.2, 0.25) is 0 Å². The molecule has 2 aliphatic carbocycles. The number of aryl methyl sites for hydroxylation is 2. The van der Waals surface area contributed by atoms with Gasteiger partial charge >= 0.3 is 5.97 Å². The Morgan fingerprint density at radius 1 is 1.14 bits per heavy atom. The van der Waals surface area contributed by atoms with Crippen molar-refractivity contribution in [2.75, 3.05) is 6.54 Å². The SMILES string of the molecule is CCN(C1CC(C(=O)O)C1)C1CCc2cc(-c3noc(-c4ccc(-c5ccsc5)c(C)c4)n3)ccc21. The van der Waals surface area contributed by atoms with E-state index in [1.54, 1.807) is 11.3 Å². The summed E-state index contributed by atoms with van der Waals surface area (Å²) in [5.74, 6) is 0.284. The number of hydrogen-bond donors (Lipinski definition) is 1. The van der Waals surface area contributed by atoms with Gasteiger partial charge in [0.1, 0.15) is 0 Å². The lowest BCUT2D eigenvalue weighted by molar-refractivity contribution is -0.147. The third-order valence-corrected chi connectivity index (χ3v) is 8.56. The predicted octanol–water partition coefficient (Wildman–Crippen LogP) is 6.61. The first kappa shape index (κ1) is 23.1. The zero-order valence-electron chi connectivity index (χ0n) is 20.5. The van der Waals surface area contributed by atoms with E-state index in [9.17, 15) is 9.90 Å². The van der Waals surface area contributed by atoms with E-state index in [2.05, 4.69) is 71.1 Å². The number of thiophene rings is 1. The molecule has 4 aromatic rings. The molecule has 6 nitrogen and oxygen atoms in total. The summed E-state index contributed by atoms with van der Waals surface area (Å²) in [6, 6.07) is 15.6. The van der Waals surface area contributed by atoms with E-state index >= 15 is 0 Å². The Hall–Kier alpha value is -3.29. The fraction of sp³-hybridized carbons (Fsp3) is 0.345. The molecule has 1 saturated carbocycles. The number of hydrogen-bond acceptors (Lipinski definition) is 6. The van der Waals surface area contributed by atoms with Gasteiger partial charge in [0.15, 0.2) is 0 Å². The normalized spacial score (nSPS) is 20.9. The molecule has 1 N–H and O–H groups in total. The van der Waals surface area contributed by atoms with E-state index in [4.69, 9.17) is 9.51 Å². The van der Waals surface area contributed by atoms with Crippen LogP contribution in [0.1, 0.15) is 48.9 Å². The quantitative estimate of drug-likeness (QED) is 0.308. The number of carbonyl (C=O) groups is 1. The molecule has 2 aliphatic rings. The van der Waals surface area contributed by atoms with Crippen molar-refractivity contribution >= 4 is 17.3 Å². The number of carboxylic acid groups (broad SMARTS) is 1. The lowest BCUT2D eigenvalue weighted by Crippen LogP contribution is -2.48. The Labute approximate surface area is 214 Å². The van der Waals surface area contributed by atoms with Crippen LogP contribution in [0.5, 0.6) is 0 Å². The van der Waals surface area contributed by atoms with Crippen LogP contribution in [0.4, 0.5) is 0 Å². The largest absolute Gasteiger partial charge is 0.481 e. The van der Waals surface area contributed by atoms with Crippen molar-refractivity contribution in [3.63, 3.8) is 0 Å². The number of benzene rings is 2. The van der Waals surface area contributed by atoms with Gasteiger partial charge in [0.2, 0.25) is 5.82 Å². The first-order valence-electron chi connectivity index (χ1n) is 12.6. The van der Waals surface area contributed by atoms with Gasteiger partial charge < -0.3 is 9.63 Å². The molecule has 0 spiro atoms. The van der Waals surface area contributed by atoms with Crippen LogP contribution in [0.25, 0.3) is 34.0 Å². The molecule has 7 heteroatoms. The van der Waals surface area contributed by atoms with E-state index in [1.165, 1.54) is 27.8 Å². The van der Waals surface area contributed by atoms with Crippen molar-refractivity contribution in [1.82, 2.24) is 15.0 Å². The Morgan fingerprint density at radius 2 is 1.97 bits per heavy atom. The van der Waals surface area contributed by atoms with Crippen LogP contribution in [0, 0.1) is 12.8 Å². The van der Waals surface area contributed by atoms with Crippen molar-refractivity contribution < 1.29 is 14.4 Å². The topological polar surface area (TPSA) is 79.5 Å². The van der Waals surface area contributed by atoms with Crippen molar-refractivity contribution in [3.8, 4) is 34.0 Å². The van der Waals surface area contributed by atoms with Crippen molar-refractivity contribution in [3.05, 3.63) is 69.9 Å². The Kier molecular flexibility index (Phi) is 5.97. The minimum Gasteiger partial charge on any atom is -0.481 e. The Balaban J connectivity index is 1.21. The lowest BCUT2D eigenvalue weighted by Gasteiger charge is -2.44. The number of fused-ring (bicyclic) bond motifs is 1. The molecule has 0 radical (unpaired) electrons. The minimum absolute atomic E-state index is 0.185. The van der Waals surface area contributed by atoms with Crippen LogP contribution < -0.4 is 0 Å². The van der Waals surface area contributed by atoms with Crippen LogP contribution in [-0.2, 0) is 11.2 Å². The maximum Gasteiger partial charge on any atom is 0.306 e. The third-order valence-electron chi connectivity index (χ3n) is 7.88. The fourth-order valence-electron chi connectivity index (χ4n) is 5.87. The van der Waals surface area contributed by atoms with Crippen LogP contribution in [-0.4, -0.2) is 38.7 Å². The van der Waals surface area contributed by atoms with Gasteiger partial charge in [-0.25, -0.2) is 0 Å². The smallest absolute Gasteiger partial charge is 0.306 e. The summed E-state index contributed by atoms with van der Waals surface area (Å²) in [5, 5.41) is 17.8. The molecule has 36 heavy (non-hydrogen) atoms. The average Bonchev–Trinajstić information content (AvgIpc) is 3.61. The van der Waals surface area contributed by atoms with E-state index in [0.29, 0.717) is 23.8 Å². The van der Waals surface area contributed by atoms with Crippen molar-refractivity contribution in [2.45, 2.75) is 51.6 Å². The molecule has 0 bridgehead atoms. The third kappa shape index (κ3) is 4.06. The van der Waals surface area contributed by atoms with Gasteiger partial charge in [0.25, 0.3) is 5.89 Å². The number of aliphatic carboxylic acids is 1. The van der Waals surface area contributed by atoms with Gasteiger partial charge in [0, 0.05) is 23.2 Å². The number of carboxylic acids is 1. The monoisotopic (exact) mass is 499 g/mol. The molecule has 2 aromatic heterocycles. The van der Waals surface area contributed by atoms with Gasteiger partial charge in [-0.3, -0.25) is 9.69 Å². The molecule has 1 fully saturated rings. The Bertz CT molecular complexity index is 1410. The lowest BCUT2D eigenvalue weighted by atomic mass is 9.78. The number of aromatic nitrogens is 2. The molecule has 1 unspecified atom stereocenters. The second kappa shape index (κ2) is 9.30. The van der Waals surface area contributed by atoms with Crippen molar-refractivity contribution in [2.24, 2.45) is 5.92 Å². The van der Waals surface area contributed by atoms with Gasteiger partial charge in [-0.15, -0.1) is 0 Å². The number of nitrogens with zero attached hydrogens (tertiary/aromatic N) is 3. The van der Waals surface area contributed by atoms with Gasteiger partial charge in [-0.1, -0.05) is 30.3 Å². The highest BCUT2D eigenvalue weighted by Gasteiger charge is 2.41. The standard InChI is InChI=1S/C29H29N3O3S/c1-3-32(23-14-22(15-23)29(33)34)26-9-6-18-13-19(4-8-25(18)26)27-30-28(35-31-27)20-5-7-24(17(2)12-20)21-10-11-36-16-21/h4-5,7-8,10-13,16,22-23,26H,3,6,9,14-15H2,1-2H3,(H,33,34). The summed E-state index contributed by atoms with van der Waals surface area (Å²) in [7, 11) is 0. The maximum atomic E-state index is 11.3. The highest BCUT2D eigenvalue weighted by molar-refractivity contribution is 7.08. The summed E-state index contributed by atoms with van der Waals surface area (Å²) >= 11 is 1.70. The highest BCUT2D eigenvalue weighted by Crippen LogP contribution is 2.43. The van der Waals surface area contributed by atoms with Crippen LogP contribution >= 0.6 is 11.3 Å². The molecule has 1 atom stereocenters. The van der Waals surface area contributed by atoms with E-state index in [0.717, 1.165) is 43.4 Å². The maximum absolute atomic E-state index is 11.3. The molecular weight excluding hydrogens is 470 g/mol. The summed E-state index contributed by atoms with van der Waals surface area (Å²) in [6.45, 7) is 5.22. The zero-order chi connectivity index (χ0) is 24.8. The summed E-state index contributed by atoms with van der Waals surface area (Å²) in [6.07, 6.45) is 3.58. The van der Waals surface area contributed by atoms with Gasteiger partial charge in [-0.2, -0.15) is 16.3 Å². The van der Waals surface area contributed by atoms with E-state index in [1.807, 2.05) is 6.07 Å². The van der Waals surface area contributed by atoms with E-state index in [-0.39, 0.29) is 5.92 Å². The minimum atomic E-state index is -0.660. The van der Waals surface area contributed by atoms with Gasteiger partial charge in [0.05, 0.1) is 5.92 Å². The molecule has 0 aliphatic heterocycles. The zero-order valence-corrected chi connectivity index (χ0v) is 21.3. The van der Waals surface area contributed by atoms with E-state index < -0.39 is 5.97 Å². The summed E-state index contributed by atoms with van der Waals surface area (Å²) in [5.41, 5.74) is 8.19. The Morgan fingerprint density at radius 3 is 2.69 bits per heavy atom. The second-order valence-corrected chi connectivity index (χ2v) is 10.7. The fourth-order valence-corrected chi connectivity index (χ4v) is 6.52. The summed E-state index contributed by atoms with van der Waals surface area (Å²) in [4.78, 5) is 18.5. The molecular formula is C29H29N3O3S. The average molecular weight is 500 g/mol. The second-order valence-electron chi connectivity index (χ2n) is 9.92. The van der Waals surface area contributed by atoms with Crippen LogP contribution in [0.15, 0.2) is 57.7 Å². The number of rotatable bonds is 7. The molecule has 2 heterocycles. The molecule has 184 valence electrons. The molecule has 0 saturated heterocycles. The molecule has 2 aromatic carbocycles. The summed E-state index contributed by atoms with van der Waals surface area (Å²) < 4.78 is 5.65. The predicted molar refractivity (Wildman–Crippen MR) is 141 cm³/mol. The first-order valence-corrected chi connectivity index (χ1v) is 13.5. The van der Waals surface area contributed by atoms with Gasteiger partial charge in [-0.05, 0) is 102 Å². The molecule has 6 rings (SSSR count). The first-order chi connectivity index (χ1) is 17.5. The highest BCUT2D eigenvalue weighted by atomic mass is 32.1. The van der Waals surface area contributed by atoms with Crippen LogP contribution in [0.3, 0.4) is 0 Å².